The maximum Gasteiger partial charge on any atom is 0.236 e. The van der Waals surface area contributed by atoms with Crippen LogP contribution in [-0.2, 0) is 14.3 Å². The van der Waals surface area contributed by atoms with Gasteiger partial charge in [0, 0.05) is 14.2 Å². The average Bonchev–Trinajstić information content (AvgIpc) is 2.35. The second-order valence-electron chi connectivity index (χ2n) is 4.53. The second kappa shape index (κ2) is 8.05. The lowest BCUT2D eigenvalue weighted by molar-refractivity contribution is -0.137. The van der Waals surface area contributed by atoms with Gasteiger partial charge in [-0.1, -0.05) is 20.3 Å². The largest absolute Gasteiger partial charge is 0.379 e. The van der Waals surface area contributed by atoms with Gasteiger partial charge in [-0.05, 0) is 5.92 Å². The summed E-state index contributed by atoms with van der Waals surface area (Å²) in [7, 11) is 3.20. The van der Waals surface area contributed by atoms with E-state index in [0.717, 1.165) is 6.42 Å². The van der Waals surface area contributed by atoms with Gasteiger partial charge in [-0.2, -0.15) is 0 Å². The maximum atomic E-state index is 11.7. The molecule has 0 saturated carbocycles. The third-order valence-corrected chi connectivity index (χ3v) is 3.33. The van der Waals surface area contributed by atoms with Crippen LogP contribution in [0.2, 0.25) is 0 Å². The van der Waals surface area contributed by atoms with Gasteiger partial charge >= 0.3 is 0 Å². The molecular formula is C12H25N3O3. The number of nitrogens with two attached hydrogens (primary N) is 2. The number of carbonyl (C=O) groups is 2. The molecule has 0 aromatic heterocycles. The van der Waals surface area contributed by atoms with Crippen LogP contribution < -0.4 is 11.5 Å². The number of ether oxygens (including phenoxy) is 1. The van der Waals surface area contributed by atoms with Crippen LogP contribution in [0.15, 0.2) is 0 Å². The minimum Gasteiger partial charge on any atom is -0.379 e. The number of nitrogens with zero attached hydrogens (tertiary/aromatic N) is 1. The molecule has 2 amide bonds. The molecule has 0 spiro atoms. The van der Waals surface area contributed by atoms with Crippen molar-refractivity contribution >= 4 is 11.8 Å². The molecule has 0 fully saturated rings. The summed E-state index contributed by atoms with van der Waals surface area (Å²) in [6.45, 7) is 3.98. The Hall–Kier alpha value is -1.14. The van der Waals surface area contributed by atoms with Gasteiger partial charge in [0.15, 0.2) is 0 Å². The molecule has 0 bridgehead atoms. The molecule has 6 heteroatoms. The van der Waals surface area contributed by atoms with Crippen LogP contribution >= 0.6 is 0 Å². The van der Waals surface area contributed by atoms with Crippen molar-refractivity contribution in [3.63, 3.8) is 0 Å². The highest BCUT2D eigenvalue weighted by molar-refractivity contribution is 5.78. The number of methoxy groups -OCH3 is 1. The average molecular weight is 259 g/mol. The van der Waals surface area contributed by atoms with Crippen molar-refractivity contribution in [3.8, 4) is 0 Å². The number of carbonyl (C=O) groups excluding carboxylic acids is 2. The van der Waals surface area contributed by atoms with E-state index in [-0.39, 0.29) is 30.8 Å². The van der Waals surface area contributed by atoms with Crippen molar-refractivity contribution < 1.29 is 14.3 Å². The van der Waals surface area contributed by atoms with Crippen molar-refractivity contribution in [1.82, 2.24) is 4.90 Å². The Bertz CT molecular complexity index is 284. The van der Waals surface area contributed by atoms with Crippen LogP contribution in [0, 0.1) is 5.92 Å². The van der Waals surface area contributed by atoms with Gasteiger partial charge in [0.05, 0.1) is 25.1 Å². The first kappa shape index (κ1) is 16.9. The van der Waals surface area contributed by atoms with Crippen molar-refractivity contribution in [2.75, 3.05) is 20.7 Å². The van der Waals surface area contributed by atoms with Crippen LogP contribution in [0.3, 0.4) is 0 Å². The van der Waals surface area contributed by atoms with Gasteiger partial charge in [-0.25, -0.2) is 0 Å². The van der Waals surface area contributed by atoms with E-state index in [1.54, 1.807) is 11.9 Å². The second-order valence-corrected chi connectivity index (χ2v) is 4.53. The Kier molecular flexibility index (Phi) is 7.54. The standard InChI is InChI=1S/C12H25N3O3/c1-5-8(2)12(15(3)11(17)7-13)9(18-4)6-10(14)16/h8-9,12H,5-7,13H2,1-4H3,(H2,14,16)/t8-,9+,12-/m0/s1. The molecule has 0 radical (unpaired) electrons. The quantitative estimate of drug-likeness (QED) is 0.625. The van der Waals surface area contributed by atoms with Gasteiger partial charge in [0.25, 0.3) is 0 Å². The normalized spacial score (nSPS) is 15.8. The molecule has 0 saturated heterocycles. The Morgan fingerprint density at radius 1 is 1.39 bits per heavy atom. The van der Waals surface area contributed by atoms with E-state index in [1.165, 1.54) is 7.11 Å². The predicted octanol–water partition coefficient (Wildman–Crippen LogP) is -0.291. The molecule has 18 heavy (non-hydrogen) atoms. The van der Waals surface area contributed by atoms with Gasteiger partial charge in [-0.3, -0.25) is 9.59 Å². The molecule has 0 aliphatic heterocycles. The van der Waals surface area contributed by atoms with Crippen molar-refractivity contribution in [2.45, 2.75) is 38.8 Å². The molecule has 3 atom stereocenters. The highest BCUT2D eigenvalue weighted by Crippen LogP contribution is 2.21. The molecule has 0 aliphatic rings. The summed E-state index contributed by atoms with van der Waals surface area (Å²) in [5, 5.41) is 0. The molecule has 0 heterocycles. The van der Waals surface area contributed by atoms with E-state index in [2.05, 4.69) is 0 Å². The van der Waals surface area contributed by atoms with Gasteiger partial charge in [0.2, 0.25) is 11.8 Å². The lowest BCUT2D eigenvalue weighted by atomic mass is 9.91. The monoisotopic (exact) mass is 259 g/mol. The minimum atomic E-state index is -0.441. The molecule has 0 rings (SSSR count). The summed E-state index contributed by atoms with van der Waals surface area (Å²) >= 11 is 0. The topological polar surface area (TPSA) is 98.7 Å². The number of hydrogen-bond acceptors (Lipinski definition) is 4. The van der Waals surface area contributed by atoms with Crippen LogP contribution in [0.4, 0.5) is 0 Å². The highest BCUT2D eigenvalue weighted by Gasteiger charge is 2.32. The summed E-state index contributed by atoms with van der Waals surface area (Å²) in [6, 6.07) is -0.205. The number of amides is 2. The summed E-state index contributed by atoms with van der Waals surface area (Å²) in [6.07, 6.45) is 0.553. The Morgan fingerprint density at radius 3 is 2.28 bits per heavy atom. The lowest BCUT2D eigenvalue weighted by Gasteiger charge is -2.37. The van der Waals surface area contributed by atoms with Gasteiger partial charge in [-0.15, -0.1) is 0 Å². The molecular weight excluding hydrogens is 234 g/mol. The zero-order valence-electron chi connectivity index (χ0n) is 11.7. The number of primary amides is 1. The third kappa shape index (κ3) is 4.62. The molecule has 106 valence electrons. The summed E-state index contributed by atoms with van der Waals surface area (Å²) in [5.74, 6) is -0.426. The molecule has 0 aromatic carbocycles. The number of likely N-dealkylation sites (N-methyl/N-ethyl adjacent to an activating group) is 1. The SMILES string of the molecule is CC[C@H](C)[C@@H]([C@@H](CC(N)=O)OC)N(C)C(=O)CN. The fourth-order valence-electron chi connectivity index (χ4n) is 2.09. The van der Waals surface area contributed by atoms with Gasteiger partial charge in [0.1, 0.15) is 0 Å². The first-order chi connectivity index (χ1) is 8.38. The summed E-state index contributed by atoms with van der Waals surface area (Å²) < 4.78 is 5.33. The van der Waals surface area contributed by atoms with E-state index in [1.807, 2.05) is 13.8 Å². The van der Waals surface area contributed by atoms with E-state index in [9.17, 15) is 9.59 Å². The molecule has 4 N–H and O–H groups in total. The number of rotatable bonds is 8. The Morgan fingerprint density at radius 2 is 1.94 bits per heavy atom. The highest BCUT2D eigenvalue weighted by atomic mass is 16.5. The molecule has 0 unspecified atom stereocenters. The fourth-order valence-corrected chi connectivity index (χ4v) is 2.09. The smallest absolute Gasteiger partial charge is 0.236 e. The Labute approximate surface area is 109 Å². The molecule has 0 aliphatic carbocycles. The fraction of sp³-hybridized carbons (Fsp3) is 0.833. The summed E-state index contributed by atoms with van der Waals surface area (Å²) in [4.78, 5) is 24.3. The van der Waals surface area contributed by atoms with Gasteiger partial charge < -0.3 is 21.1 Å². The van der Waals surface area contributed by atoms with E-state index in [4.69, 9.17) is 16.2 Å². The molecule has 6 nitrogen and oxygen atoms in total. The van der Waals surface area contributed by atoms with Crippen LogP contribution in [0.25, 0.3) is 0 Å². The zero-order chi connectivity index (χ0) is 14.3. The van der Waals surface area contributed by atoms with Crippen molar-refractivity contribution in [3.05, 3.63) is 0 Å². The lowest BCUT2D eigenvalue weighted by Crippen LogP contribution is -2.51. The van der Waals surface area contributed by atoms with Crippen LogP contribution in [-0.4, -0.2) is 49.6 Å². The summed E-state index contributed by atoms with van der Waals surface area (Å²) in [5.41, 5.74) is 10.6. The molecule has 0 aromatic rings. The Balaban J connectivity index is 5.05. The van der Waals surface area contributed by atoms with E-state index in [0.29, 0.717) is 0 Å². The third-order valence-electron chi connectivity index (χ3n) is 3.33. The van der Waals surface area contributed by atoms with Crippen molar-refractivity contribution in [1.29, 1.82) is 0 Å². The van der Waals surface area contributed by atoms with Crippen LogP contribution in [0.5, 0.6) is 0 Å². The number of hydrogen-bond donors (Lipinski definition) is 2. The predicted molar refractivity (Wildman–Crippen MR) is 69.7 cm³/mol. The van der Waals surface area contributed by atoms with Crippen LogP contribution in [0.1, 0.15) is 26.7 Å². The first-order valence-corrected chi connectivity index (χ1v) is 6.15. The zero-order valence-corrected chi connectivity index (χ0v) is 11.7. The maximum absolute atomic E-state index is 11.7. The van der Waals surface area contributed by atoms with E-state index < -0.39 is 12.0 Å². The van der Waals surface area contributed by atoms with E-state index >= 15 is 0 Å². The minimum absolute atomic E-state index is 0.0591. The van der Waals surface area contributed by atoms with Crippen molar-refractivity contribution in [2.24, 2.45) is 17.4 Å². The first-order valence-electron chi connectivity index (χ1n) is 6.15.